The van der Waals surface area contributed by atoms with Crippen molar-refractivity contribution in [2.75, 3.05) is 5.75 Å². The fourth-order valence-electron chi connectivity index (χ4n) is 3.39. The van der Waals surface area contributed by atoms with Gasteiger partial charge in [-0.05, 0) is 43.3 Å². The largest absolute Gasteiger partial charge is 0.155 e. The molecule has 0 radical (unpaired) electrons. The van der Waals surface area contributed by atoms with Gasteiger partial charge in [-0.15, -0.1) is 0 Å². The van der Waals surface area contributed by atoms with Crippen LogP contribution in [-0.2, 0) is 0 Å². The van der Waals surface area contributed by atoms with Crippen LogP contribution in [0.4, 0.5) is 0 Å². The van der Waals surface area contributed by atoms with Crippen LogP contribution in [0.5, 0.6) is 0 Å². The maximum atomic E-state index is 2.43. The van der Waals surface area contributed by atoms with Crippen molar-refractivity contribution in [3.8, 4) is 0 Å². The highest BCUT2D eigenvalue weighted by Crippen LogP contribution is 2.53. The number of hydrogen-bond donors (Lipinski definition) is 0. The molecule has 76 valence electrons. The van der Waals surface area contributed by atoms with Gasteiger partial charge in [-0.1, -0.05) is 26.7 Å². The van der Waals surface area contributed by atoms with E-state index in [1.54, 1.807) is 0 Å². The minimum atomic E-state index is 0.729. The second-order valence-electron chi connectivity index (χ2n) is 5.11. The second-order valence-corrected chi connectivity index (χ2v) is 6.62. The van der Waals surface area contributed by atoms with E-state index in [1.807, 2.05) is 0 Å². The van der Waals surface area contributed by atoms with E-state index < -0.39 is 0 Å². The summed E-state index contributed by atoms with van der Waals surface area (Å²) in [6.45, 7) is 4.85. The molecule has 1 saturated heterocycles. The summed E-state index contributed by atoms with van der Waals surface area (Å²) in [6.07, 6.45) is 9.00. The van der Waals surface area contributed by atoms with Crippen molar-refractivity contribution in [1.29, 1.82) is 0 Å². The van der Waals surface area contributed by atoms with Crippen LogP contribution in [0.25, 0.3) is 0 Å². The lowest BCUT2D eigenvalue weighted by atomic mass is 9.71. The van der Waals surface area contributed by atoms with Crippen LogP contribution >= 0.6 is 11.8 Å². The molecule has 0 bridgehead atoms. The molecule has 1 saturated carbocycles. The van der Waals surface area contributed by atoms with Crippen molar-refractivity contribution in [3.05, 3.63) is 0 Å². The van der Waals surface area contributed by atoms with E-state index in [0.29, 0.717) is 0 Å². The van der Waals surface area contributed by atoms with Gasteiger partial charge in [0.2, 0.25) is 0 Å². The van der Waals surface area contributed by atoms with Crippen molar-refractivity contribution in [2.45, 2.75) is 57.1 Å². The van der Waals surface area contributed by atoms with Gasteiger partial charge in [0.15, 0.2) is 0 Å². The zero-order valence-corrected chi connectivity index (χ0v) is 9.83. The summed E-state index contributed by atoms with van der Waals surface area (Å²) in [6, 6.07) is 0. The number of rotatable bonds is 1. The Kier molecular flexibility index (Phi) is 2.92. The molecular weight excluding hydrogens is 176 g/mol. The van der Waals surface area contributed by atoms with Gasteiger partial charge in [0, 0.05) is 4.75 Å². The van der Waals surface area contributed by atoms with Gasteiger partial charge in [-0.3, -0.25) is 0 Å². The first-order valence-corrected chi connectivity index (χ1v) is 6.87. The minimum Gasteiger partial charge on any atom is -0.155 e. The second kappa shape index (κ2) is 3.84. The molecule has 2 aliphatic rings. The third-order valence-corrected chi connectivity index (χ3v) is 5.76. The Balaban J connectivity index is 2.12. The predicted molar refractivity (Wildman–Crippen MR) is 61.2 cm³/mol. The maximum Gasteiger partial charge on any atom is 0.0191 e. The highest BCUT2D eigenvalue weighted by Gasteiger charge is 2.44. The summed E-state index contributed by atoms with van der Waals surface area (Å²) < 4.78 is 0.729. The Morgan fingerprint density at radius 1 is 1.15 bits per heavy atom. The molecule has 0 amide bonds. The van der Waals surface area contributed by atoms with Crippen LogP contribution in [0.3, 0.4) is 0 Å². The molecule has 1 heteroatoms. The van der Waals surface area contributed by atoms with Crippen LogP contribution in [0, 0.1) is 11.8 Å². The molecule has 1 aliphatic carbocycles. The highest BCUT2D eigenvalue weighted by molar-refractivity contribution is 8.00. The minimum absolute atomic E-state index is 0.729. The standard InChI is InChI=1S/C12H22S/c1-10(2)11-6-3-4-7-12(11)8-5-9-13-12/h10-11H,3-9H2,1-2H3. The van der Waals surface area contributed by atoms with E-state index in [1.165, 1.54) is 44.3 Å². The summed E-state index contributed by atoms with van der Waals surface area (Å²) in [5.74, 6) is 3.36. The van der Waals surface area contributed by atoms with Crippen molar-refractivity contribution >= 4 is 11.8 Å². The first kappa shape index (κ1) is 9.89. The molecule has 2 unspecified atom stereocenters. The van der Waals surface area contributed by atoms with E-state index in [2.05, 4.69) is 25.6 Å². The lowest BCUT2D eigenvalue weighted by molar-refractivity contribution is 0.207. The third kappa shape index (κ3) is 1.77. The quantitative estimate of drug-likeness (QED) is 0.611. The van der Waals surface area contributed by atoms with Gasteiger partial charge in [-0.25, -0.2) is 0 Å². The van der Waals surface area contributed by atoms with Crippen molar-refractivity contribution in [1.82, 2.24) is 0 Å². The summed E-state index contributed by atoms with van der Waals surface area (Å²) in [4.78, 5) is 0. The fourth-order valence-corrected chi connectivity index (χ4v) is 5.26. The molecule has 1 aliphatic heterocycles. The monoisotopic (exact) mass is 198 g/mol. The first-order chi connectivity index (χ1) is 6.25. The van der Waals surface area contributed by atoms with Gasteiger partial charge in [0.1, 0.15) is 0 Å². The van der Waals surface area contributed by atoms with Crippen molar-refractivity contribution in [3.63, 3.8) is 0 Å². The Hall–Kier alpha value is 0.350. The molecule has 2 rings (SSSR count). The van der Waals surface area contributed by atoms with Crippen molar-refractivity contribution in [2.24, 2.45) is 11.8 Å². The fraction of sp³-hybridized carbons (Fsp3) is 1.00. The van der Waals surface area contributed by atoms with Gasteiger partial charge >= 0.3 is 0 Å². The van der Waals surface area contributed by atoms with Crippen LogP contribution in [0.15, 0.2) is 0 Å². The molecule has 2 fully saturated rings. The predicted octanol–water partition coefficient (Wildman–Crippen LogP) is 4.10. The Bertz CT molecular complexity index is 168. The SMILES string of the molecule is CC(C)C1CCCCC12CCCS2. The van der Waals surface area contributed by atoms with Gasteiger partial charge in [0.05, 0.1) is 0 Å². The lowest BCUT2D eigenvalue weighted by Crippen LogP contribution is -2.38. The summed E-state index contributed by atoms with van der Waals surface area (Å²) >= 11 is 2.30. The molecule has 1 heterocycles. The number of thioether (sulfide) groups is 1. The normalized spacial score (nSPS) is 40.4. The molecule has 0 aromatic rings. The molecular formula is C12H22S. The van der Waals surface area contributed by atoms with Gasteiger partial charge in [0.25, 0.3) is 0 Å². The Labute approximate surface area is 86.9 Å². The first-order valence-electron chi connectivity index (χ1n) is 5.88. The topological polar surface area (TPSA) is 0 Å². The van der Waals surface area contributed by atoms with Crippen molar-refractivity contribution < 1.29 is 0 Å². The lowest BCUT2D eigenvalue weighted by Gasteiger charge is -2.43. The van der Waals surface area contributed by atoms with E-state index in [-0.39, 0.29) is 0 Å². The van der Waals surface area contributed by atoms with Crippen LogP contribution in [0.1, 0.15) is 52.4 Å². The molecule has 0 aromatic heterocycles. The molecule has 0 N–H and O–H groups in total. The highest BCUT2D eigenvalue weighted by atomic mass is 32.2. The van der Waals surface area contributed by atoms with Crippen LogP contribution in [0.2, 0.25) is 0 Å². The summed E-state index contributed by atoms with van der Waals surface area (Å²) in [7, 11) is 0. The molecule has 13 heavy (non-hydrogen) atoms. The summed E-state index contributed by atoms with van der Waals surface area (Å²) in [5.41, 5.74) is 0. The molecule has 2 atom stereocenters. The zero-order chi connectivity index (χ0) is 9.31. The average Bonchev–Trinajstić information content (AvgIpc) is 2.54. The van der Waals surface area contributed by atoms with E-state index in [4.69, 9.17) is 0 Å². The van der Waals surface area contributed by atoms with Gasteiger partial charge in [-0.2, -0.15) is 11.8 Å². The average molecular weight is 198 g/mol. The van der Waals surface area contributed by atoms with Crippen LogP contribution < -0.4 is 0 Å². The molecule has 0 nitrogen and oxygen atoms in total. The Morgan fingerprint density at radius 2 is 1.92 bits per heavy atom. The Morgan fingerprint density at radius 3 is 2.54 bits per heavy atom. The van der Waals surface area contributed by atoms with Gasteiger partial charge < -0.3 is 0 Å². The van der Waals surface area contributed by atoms with Crippen LogP contribution in [-0.4, -0.2) is 10.5 Å². The smallest absolute Gasteiger partial charge is 0.0191 e. The van der Waals surface area contributed by atoms with E-state index >= 15 is 0 Å². The third-order valence-electron chi connectivity index (χ3n) is 3.98. The molecule has 1 spiro atoms. The van der Waals surface area contributed by atoms with E-state index in [0.717, 1.165) is 16.6 Å². The maximum absolute atomic E-state index is 2.43. The van der Waals surface area contributed by atoms with E-state index in [9.17, 15) is 0 Å². The zero-order valence-electron chi connectivity index (χ0n) is 9.01. The molecule has 0 aromatic carbocycles. The number of hydrogen-bond acceptors (Lipinski definition) is 1. The summed E-state index contributed by atoms with van der Waals surface area (Å²) in [5, 5.41) is 0.